The Hall–Kier alpha value is -2.87. The fraction of sp³-hybridized carbons (Fsp3) is 0.500. The Bertz CT molecular complexity index is 870. The van der Waals surface area contributed by atoms with E-state index in [-0.39, 0.29) is 6.03 Å². The Morgan fingerprint density at radius 3 is 1.93 bits per heavy atom. The normalized spacial score (nSPS) is 17.9. The first kappa shape index (κ1) is 20.4. The minimum absolute atomic E-state index is 0.0458. The van der Waals surface area contributed by atoms with Crippen molar-refractivity contribution in [1.82, 2.24) is 19.8 Å². The molecule has 0 atom stereocenters. The molecule has 2 amide bonds. The van der Waals surface area contributed by atoms with Crippen molar-refractivity contribution in [1.29, 1.82) is 0 Å². The van der Waals surface area contributed by atoms with Crippen LogP contribution in [0.15, 0.2) is 30.3 Å². The Morgan fingerprint density at radius 1 is 0.833 bits per heavy atom. The maximum Gasteiger partial charge on any atom is 0.321 e. The number of nitrogens with one attached hydrogen (secondary N) is 1. The summed E-state index contributed by atoms with van der Waals surface area (Å²) < 4.78 is 0. The van der Waals surface area contributed by atoms with Crippen LogP contribution in [0.3, 0.4) is 0 Å². The van der Waals surface area contributed by atoms with Gasteiger partial charge in [0.25, 0.3) is 0 Å². The third-order valence-corrected chi connectivity index (χ3v) is 5.83. The van der Waals surface area contributed by atoms with Crippen LogP contribution < -0.4 is 15.1 Å². The van der Waals surface area contributed by atoms with E-state index in [1.165, 1.54) is 5.56 Å². The average molecular weight is 410 g/mol. The van der Waals surface area contributed by atoms with E-state index in [9.17, 15) is 4.79 Å². The summed E-state index contributed by atoms with van der Waals surface area (Å²) in [5, 5.41) is 2.99. The lowest BCUT2D eigenvalue weighted by atomic mass is 10.2. The smallest absolute Gasteiger partial charge is 0.321 e. The highest BCUT2D eigenvalue weighted by Crippen LogP contribution is 2.22. The van der Waals surface area contributed by atoms with Crippen molar-refractivity contribution in [3.8, 4) is 0 Å². The minimum Gasteiger partial charge on any atom is -0.354 e. The molecule has 2 aliphatic rings. The number of benzene rings is 1. The maximum atomic E-state index is 12.6. The molecule has 0 bridgehead atoms. The number of urea groups is 1. The summed E-state index contributed by atoms with van der Waals surface area (Å²) in [5.41, 5.74) is 2.01. The van der Waals surface area contributed by atoms with Crippen LogP contribution in [-0.2, 0) is 0 Å². The summed E-state index contributed by atoms with van der Waals surface area (Å²) in [6.07, 6.45) is 0. The molecule has 1 aromatic heterocycles. The van der Waals surface area contributed by atoms with Crippen LogP contribution in [-0.4, -0.2) is 85.2 Å². The predicted octanol–water partition coefficient (Wildman–Crippen LogP) is 2.20. The van der Waals surface area contributed by atoms with E-state index >= 15 is 0 Å². The maximum absolute atomic E-state index is 12.6. The first-order chi connectivity index (χ1) is 14.5. The Labute approximate surface area is 178 Å². The minimum atomic E-state index is -0.0458. The van der Waals surface area contributed by atoms with E-state index in [1.54, 1.807) is 0 Å². The quantitative estimate of drug-likeness (QED) is 0.838. The van der Waals surface area contributed by atoms with Crippen LogP contribution in [0.5, 0.6) is 0 Å². The molecule has 8 heteroatoms. The molecule has 8 nitrogen and oxygen atoms in total. The molecule has 0 aliphatic carbocycles. The fourth-order valence-corrected chi connectivity index (χ4v) is 3.87. The van der Waals surface area contributed by atoms with Crippen molar-refractivity contribution in [2.45, 2.75) is 13.8 Å². The molecule has 0 radical (unpaired) electrons. The number of amides is 2. The Balaban J connectivity index is 1.36. The topological polar surface area (TPSA) is 67.8 Å². The second-order valence-corrected chi connectivity index (χ2v) is 8.19. The van der Waals surface area contributed by atoms with Gasteiger partial charge in [0.15, 0.2) is 0 Å². The number of hydrogen-bond acceptors (Lipinski definition) is 6. The zero-order valence-electron chi connectivity index (χ0n) is 18.1. The fourth-order valence-electron chi connectivity index (χ4n) is 3.87. The van der Waals surface area contributed by atoms with Gasteiger partial charge in [0.05, 0.1) is 0 Å². The lowest BCUT2D eigenvalue weighted by Gasteiger charge is -2.36. The van der Waals surface area contributed by atoms with Gasteiger partial charge in [-0.1, -0.05) is 17.7 Å². The molecule has 1 aromatic carbocycles. The zero-order chi connectivity index (χ0) is 21.1. The summed E-state index contributed by atoms with van der Waals surface area (Å²) in [6, 6.07) is 9.93. The second kappa shape index (κ2) is 8.87. The molecule has 30 heavy (non-hydrogen) atoms. The molecule has 2 saturated heterocycles. The van der Waals surface area contributed by atoms with E-state index in [2.05, 4.69) is 43.1 Å². The highest BCUT2D eigenvalue weighted by atomic mass is 16.2. The first-order valence-corrected chi connectivity index (χ1v) is 10.6. The number of likely N-dealkylation sites (N-methyl/N-ethyl adjacent to an activating group) is 1. The third kappa shape index (κ3) is 4.81. The molecule has 160 valence electrons. The van der Waals surface area contributed by atoms with Crippen LogP contribution in [0.4, 0.5) is 22.1 Å². The summed E-state index contributed by atoms with van der Waals surface area (Å²) >= 11 is 0. The van der Waals surface area contributed by atoms with Crippen LogP contribution in [0.2, 0.25) is 0 Å². The number of anilines is 3. The molecular formula is C22H31N7O. The number of carbonyl (C=O) groups is 1. The summed E-state index contributed by atoms with van der Waals surface area (Å²) in [7, 11) is 2.16. The predicted molar refractivity (Wildman–Crippen MR) is 120 cm³/mol. The van der Waals surface area contributed by atoms with Crippen LogP contribution >= 0.6 is 0 Å². The number of aromatic nitrogens is 2. The van der Waals surface area contributed by atoms with Crippen molar-refractivity contribution in [2.75, 3.05) is 74.5 Å². The number of rotatable bonds is 3. The van der Waals surface area contributed by atoms with Gasteiger partial charge >= 0.3 is 6.03 Å². The van der Waals surface area contributed by atoms with Crippen LogP contribution in [0, 0.1) is 13.8 Å². The average Bonchev–Trinajstić information content (AvgIpc) is 2.75. The molecule has 0 unspecified atom stereocenters. The zero-order valence-corrected chi connectivity index (χ0v) is 18.1. The summed E-state index contributed by atoms with van der Waals surface area (Å²) in [4.78, 5) is 30.7. The van der Waals surface area contributed by atoms with Gasteiger partial charge in [-0.05, 0) is 33.0 Å². The van der Waals surface area contributed by atoms with E-state index < -0.39 is 0 Å². The lowest BCUT2D eigenvalue weighted by Crippen LogP contribution is -2.50. The molecule has 0 spiro atoms. The summed E-state index contributed by atoms with van der Waals surface area (Å²) in [6.45, 7) is 10.9. The number of aryl methyl sites for hydroxylation is 2. The SMILES string of the molecule is Cc1ccc(NC(=O)N2CCN(c3cc(N4CCN(C)CC4)nc(C)n3)CC2)cc1. The van der Waals surface area contributed by atoms with E-state index in [1.807, 2.05) is 43.0 Å². The van der Waals surface area contributed by atoms with Crippen molar-refractivity contribution < 1.29 is 4.79 Å². The molecule has 1 N–H and O–H groups in total. The lowest BCUT2D eigenvalue weighted by molar-refractivity contribution is 0.208. The van der Waals surface area contributed by atoms with Gasteiger partial charge in [-0.3, -0.25) is 0 Å². The van der Waals surface area contributed by atoms with Gasteiger partial charge in [-0.15, -0.1) is 0 Å². The number of hydrogen-bond donors (Lipinski definition) is 1. The molecule has 0 saturated carbocycles. The van der Waals surface area contributed by atoms with Crippen LogP contribution in [0.25, 0.3) is 0 Å². The van der Waals surface area contributed by atoms with E-state index in [4.69, 9.17) is 0 Å². The van der Waals surface area contributed by atoms with Crippen molar-refractivity contribution in [2.24, 2.45) is 0 Å². The molecule has 2 fully saturated rings. The van der Waals surface area contributed by atoms with Crippen molar-refractivity contribution in [3.63, 3.8) is 0 Å². The van der Waals surface area contributed by atoms with Gasteiger partial charge in [0.2, 0.25) is 0 Å². The third-order valence-electron chi connectivity index (χ3n) is 5.83. The highest BCUT2D eigenvalue weighted by molar-refractivity contribution is 5.89. The van der Waals surface area contributed by atoms with Gasteiger partial charge in [-0.25, -0.2) is 14.8 Å². The van der Waals surface area contributed by atoms with Crippen LogP contribution in [0.1, 0.15) is 11.4 Å². The van der Waals surface area contributed by atoms with Gasteiger partial charge < -0.3 is 24.9 Å². The first-order valence-electron chi connectivity index (χ1n) is 10.6. The Kier molecular flexibility index (Phi) is 6.03. The van der Waals surface area contributed by atoms with Crippen molar-refractivity contribution in [3.05, 3.63) is 41.7 Å². The molecule has 2 aromatic rings. The monoisotopic (exact) mass is 409 g/mol. The van der Waals surface area contributed by atoms with Gasteiger partial charge in [-0.2, -0.15) is 0 Å². The number of piperazine rings is 2. The number of nitrogens with zero attached hydrogens (tertiary/aromatic N) is 6. The van der Waals surface area contributed by atoms with E-state index in [0.29, 0.717) is 13.1 Å². The standard InChI is InChI=1S/C22H31N7O/c1-17-4-6-19(7-5-17)25-22(30)29-14-12-28(13-15-29)21-16-20(23-18(2)24-21)27-10-8-26(3)9-11-27/h4-7,16H,8-15H2,1-3H3,(H,25,30). The molecule has 3 heterocycles. The van der Waals surface area contributed by atoms with E-state index in [0.717, 1.165) is 62.4 Å². The largest absolute Gasteiger partial charge is 0.354 e. The molecule has 2 aliphatic heterocycles. The molecular weight excluding hydrogens is 378 g/mol. The Morgan fingerprint density at radius 2 is 1.37 bits per heavy atom. The van der Waals surface area contributed by atoms with Gasteiger partial charge in [0, 0.05) is 64.1 Å². The summed E-state index contributed by atoms with van der Waals surface area (Å²) in [5.74, 6) is 2.75. The van der Waals surface area contributed by atoms with Crippen molar-refractivity contribution >= 4 is 23.4 Å². The molecule has 4 rings (SSSR count). The van der Waals surface area contributed by atoms with Gasteiger partial charge in [0.1, 0.15) is 17.5 Å². The number of carbonyl (C=O) groups excluding carboxylic acids is 1. The second-order valence-electron chi connectivity index (χ2n) is 8.19. The highest BCUT2D eigenvalue weighted by Gasteiger charge is 2.24.